The van der Waals surface area contributed by atoms with Gasteiger partial charge in [-0.15, -0.1) is 0 Å². The number of fused-ring (bicyclic) bond motifs is 1. The number of nitriles is 1. The summed E-state index contributed by atoms with van der Waals surface area (Å²) in [4.78, 5) is 45.0. The van der Waals surface area contributed by atoms with Crippen molar-refractivity contribution < 1.29 is 31.9 Å². The maximum absolute atomic E-state index is 14.4. The predicted octanol–water partition coefficient (Wildman–Crippen LogP) is 5.46. The van der Waals surface area contributed by atoms with Gasteiger partial charge in [0, 0.05) is 29.6 Å². The number of carbonyl (C=O) groups is 3. The van der Waals surface area contributed by atoms with Crippen LogP contribution in [0.3, 0.4) is 0 Å². The number of halogens is 4. The standard InChI is InChI=1S/C34H28F4N6O3/c1-2-42-31-27(29(33(47)43(18-17-39)24-15-16-24)41-44(31)25-9-4-3-5-10-25)26(20-11-13-23(35)14-12-20)28(32(42)46)40-30(45)21-7-6-8-22(19-21)34(36,37)38/h3-14,19,24,26,28H,2,15-16,18H2,1H3,(H,40,45)/t26-,28-/m1/s1. The van der Waals surface area contributed by atoms with Crippen molar-refractivity contribution in [1.29, 1.82) is 5.26 Å². The molecule has 47 heavy (non-hydrogen) atoms. The van der Waals surface area contributed by atoms with Gasteiger partial charge in [-0.25, -0.2) is 9.07 Å². The van der Waals surface area contributed by atoms with Gasteiger partial charge in [-0.05, 0) is 67.8 Å². The second kappa shape index (κ2) is 12.4. The van der Waals surface area contributed by atoms with Crippen molar-refractivity contribution in [1.82, 2.24) is 20.0 Å². The van der Waals surface area contributed by atoms with Crippen molar-refractivity contribution >= 4 is 23.5 Å². The van der Waals surface area contributed by atoms with E-state index < -0.39 is 47.2 Å². The van der Waals surface area contributed by atoms with Crippen molar-refractivity contribution in [3.8, 4) is 11.8 Å². The van der Waals surface area contributed by atoms with E-state index >= 15 is 0 Å². The molecule has 3 aromatic carbocycles. The third-order valence-corrected chi connectivity index (χ3v) is 8.31. The van der Waals surface area contributed by atoms with E-state index in [1.54, 1.807) is 37.3 Å². The molecule has 0 radical (unpaired) electrons. The molecule has 1 saturated carbocycles. The van der Waals surface area contributed by atoms with Gasteiger partial charge in [0.15, 0.2) is 5.69 Å². The molecular formula is C34H28F4N6O3. The smallest absolute Gasteiger partial charge is 0.339 e. The lowest BCUT2D eigenvalue weighted by atomic mass is 9.80. The number of para-hydroxylation sites is 1. The number of hydrogen-bond donors (Lipinski definition) is 1. The lowest BCUT2D eigenvalue weighted by molar-refractivity contribution is -0.137. The largest absolute Gasteiger partial charge is 0.416 e. The fourth-order valence-corrected chi connectivity index (χ4v) is 5.96. The van der Waals surface area contributed by atoms with E-state index in [1.165, 1.54) is 44.8 Å². The number of carbonyl (C=O) groups excluding carboxylic acids is 3. The van der Waals surface area contributed by atoms with Crippen molar-refractivity contribution in [3.63, 3.8) is 0 Å². The molecule has 2 heterocycles. The normalized spacial score (nSPS) is 17.5. The summed E-state index contributed by atoms with van der Waals surface area (Å²) < 4.78 is 56.1. The molecule has 13 heteroatoms. The number of nitrogens with one attached hydrogen (secondary N) is 1. The topological polar surface area (TPSA) is 111 Å². The molecule has 2 aliphatic rings. The number of amides is 3. The van der Waals surface area contributed by atoms with Crippen LogP contribution in [0.1, 0.15) is 63.2 Å². The van der Waals surface area contributed by atoms with Crippen LogP contribution in [0.15, 0.2) is 78.9 Å². The lowest BCUT2D eigenvalue weighted by Crippen LogP contribution is -2.55. The summed E-state index contributed by atoms with van der Waals surface area (Å²) in [6.45, 7) is 1.57. The lowest BCUT2D eigenvalue weighted by Gasteiger charge is -2.38. The van der Waals surface area contributed by atoms with Gasteiger partial charge in [0.25, 0.3) is 17.7 Å². The summed E-state index contributed by atoms with van der Waals surface area (Å²) >= 11 is 0. The van der Waals surface area contributed by atoms with Gasteiger partial charge in [0.05, 0.1) is 17.3 Å². The number of rotatable bonds is 8. The molecule has 1 N–H and O–H groups in total. The molecule has 0 spiro atoms. The molecule has 240 valence electrons. The Morgan fingerprint density at radius 2 is 1.74 bits per heavy atom. The van der Waals surface area contributed by atoms with Crippen LogP contribution in [0.4, 0.5) is 23.4 Å². The van der Waals surface area contributed by atoms with Crippen LogP contribution in [-0.4, -0.2) is 57.6 Å². The summed E-state index contributed by atoms with van der Waals surface area (Å²) in [5.74, 6) is -3.55. The van der Waals surface area contributed by atoms with Crippen LogP contribution in [0.25, 0.3) is 5.69 Å². The SMILES string of the molecule is CCN1C(=O)[C@H](NC(=O)c2cccc(C(F)(F)F)c2)[C@H](c2ccc(F)cc2)c2c(C(=O)N(CC#N)C3CC3)nn(-c3ccccc3)c21. The maximum atomic E-state index is 14.4. The van der Waals surface area contributed by atoms with Gasteiger partial charge >= 0.3 is 6.18 Å². The van der Waals surface area contributed by atoms with Gasteiger partial charge in [-0.3, -0.25) is 19.3 Å². The molecule has 1 fully saturated rings. The quantitative estimate of drug-likeness (QED) is 0.203. The Morgan fingerprint density at radius 3 is 2.36 bits per heavy atom. The molecule has 6 rings (SSSR count). The summed E-state index contributed by atoms with van der Waals surface area (Å²) in [7, 11) is 0. The van der Waals surface area contributed by atoms with E-state index in [0.29, 0.717) is 30.2 Å². The van der Waals surface area contributed by atoms with Gasteiger partial charge in [-0.1, -0.05) is 36.4 Å². The third kappa shape index (κ3) is 5.94. The molecule has 0 unspecified atom stereocenters. The summed E-state index contributed by atoms with van der Waals surface area (Å²) in [5, 5.41) is 16.9. The third-order valence-electron chi connectivity index (χ3n) is 8.31. The molecule has 0 saturated heterocycles. The Labute approximate surface area is 267 Å². The van der Waals surface area contributed by atoms with Crippen LogP contribution >= 0.6 is 0 Å². The summed E-state index contributed by atoms with van der Waals surface area (Å²) in [6, 6.07) is 18.2. The molecule has 1 aromatic heterocycles. The zero-order chi connectivity index (χ0) is 33.5. The van der Waals surface area contributed by atoms with E-state index in [9.17, 15) is 37.2 Å². The fourth-order valence-electron chi connectivity index (χ4n) is 5.96. The number of aromatic nitrogens is 2. The van der Waals surface area contributed by atoms with E-state index in [1.807, 2.05) is 6.07 Å². The Kier molecular flexibility index (Phi) is 8.27. The molecule has 4 aromatic rings. The number of benzene rings is 3. The first-order valence-electron chi connectivity index (χ1n) is 14.9. The van der Waals surface area contributed by atoms with Crippen LogP contribution in [0.2, 0.25) is 0 Å². The van der Waals surface area contributed by atoms with E-state index in [2.05, 4.69) is 5.32 Å². The monoisotopic (exact) mass is 644 g/mol. The van der Waals surface area contributed by atoms with Gasteiger partial charge in [0.1, 0.15) is 24.2 Å². The van der Waals surface area contributed by atoms with Crippen molar-refractivity contribution in [2.45, 2.75) is 43.9 Å². The molecule has 1 aliphatic carbocycles. The Balaban J connectivity index is 1.56. The summed E-state index contributed by atoms with van der Waals surface area (Å²) in [5.41, 5.74) is -0.302. The molecule has 0 bridgehead atoms. The minimum absolute atomic E-state index is 0.0652. The van der Waals surface area contributed by atoms with Crippen LogP contribution in [0.5, 0.6) is 0 Å². The van der Waals surface area contributed by atoms with Gasteiger partial charge in [0.2, 0.25) is 0 Å². The van der Waals surface area contributed by atoms with Gasteiger partial charge in [-0.2, -0.15) is 23.5 Å². The van der Waals surface area contributed by atoms with Crippen LogP contribution in [-0.2, 0) is 11.0 Å². The number of alkyl halides is 3. The molecule has 1 aliphatic heterocycles. The van der Waals surface area contributed by atoms with Gasteiger partial charge < -0.3 is 10.2 Å². The van der Waals surface area contributed by atoms with Crippen molar-refractivity contribution in [3.05, 3.63) is 113 Å². The average Bonchev–Trinajstić information content (AvgIpc) is 3.84. The van der Waals surface area contributed by atoms with Crippen LogP contribution in [0, 0.1) is 17.1 Å². The molecule has 9 nitrogen and oxygen atoms in total. The minimum Gasteiger partial charge on any atom is -0.339 e. The molecular weight excluding hydrogens is 616 g/mol. The molecule has 3 amide bonds. The van der Waals surface area contributed by atoms with E-state index in [-0.39, 0.29) is 41.8 Å². The Morgan fingerprint density at radius 1 is 1.04 bits per heavy atom. The van der Waals surface area contributed by atoms with Crippen LogP contribution < -0.4 is 10.2 Å². The maximum Gasteiger partial charge on any atom is 0.416 e. The zero-order valence-corrected chi connectivity index (χ0v) is 25.0. The first kappa shape index (κ1) is 31.5. The first-order chi connectivity index (χ1) is 22.5. The van der Waals surface area contributed by atoms with E-state index in [0.717, 1.165) is 12.1 Å². The van der Waals surface area contributed by atoms with Crippen molar-refractivity contribution in [2.24, 2.45) is 0 Å². The molecule has 2 atom stereocenters. The Bertz CT molecular complexity index is 1880. The number of hydrogen-bond acceptors (Lipinski definition) is 5. The zero-order valence-electron chi connectivity index (χ0n) is 25.0. The first-order valence-corrected chi connectivity index (χ1v) is 14.9. The Hall–Kier alpha value is -5.51. The highest BCUT2D eigenvalue weighted by Gasteiger charge is 2.48. The van der Waals surface area contributed by atoms with Crippen molar-refractivity contribution in [2.75, 3.05) is 18.0 Å². The number of likely N-dealkylation sites (N-methyl/N-ethyl adjacent to an activating group) is 1. The summed E-state index contributed by atoms with van der Waals surface area (Å²) in [6.07, 6.45) is -3.31. The second-order valence-corrected chi connectivity index (χ2v) is 11.3. The van der Waals surface area contributed by atoms with E-state index in [4.69, 9.17) is 5.10 Å². The number of nitrogens with zero attached hydrogens (tertiary/aromatic N) is 5. The average molecular weight is 645 g/mol. The predicted molar refractivity (Wildman–Crippen MR) is 162 cm³/mol. The number of anilines is 1. The second-order valence-electron chi connectivity index (χ2n) is 11.3. The highest BCUT2D eigenvalue weighted by atomic mass is 19.4. The minimum atomic E-state index is -4.71. The highest BCUT2D eigenvalue weighted by Crippen LogP contribution is 2.44. The highest BCUT2D eigenvalue weighted by molar-refractivity contribution is 6.07. The fraction of sp³-hybridized carbons (Fsp3) is 0.265.